The van der Waals surface area contributed by atoms with Gasteiger partial charge >= 0.3 is 0 Å². The van der Waals surface area contributed by atoms with Crippen LogP contribution in [0, 0.1) is 0 Å². The lowest BCUT2D eigenvalue weighted by Crippen LogP contribution is -2.48. The minimum Gasteiger partial charge on any atom is -0.496 e. The number of rotatable bonds is 4. The highest BCUT2D eigenvalue weighted by atomic mass is 35.5. The summed E-state index contributed by atoms with van der Waals surface area (Å²) in [6.07, 6.45) is 2.94. The van der Waals surface area contributed by atoms with Gasteiger partial charge in [-0.25, -0.2) is 9.97 Å². The summed E-state index contributed by atoms with van der Waals surface area (Å²) < 4.78 is 5.69. The third-order valence-electron chi connectivity index (χ3n) is 6.15. The fourth-order valence-corrected chi connectivity index (χ4v) is 4.73. The number of aromatic nitrogens is 2. The van der Waals surface area contributed by atoms with Crippen LogP contribution in [0.25, 0.3) is 32.8 Å². The molecule has 0 aliphatic carbocycles. The van der Waals surface area contributed by atoms with E-state index in [9.17, 15) is 4.79 Å². The number of carbonyl (C=O) groups excluding carboxylic acids is 1. The Morgan fingerprint density at radius 2 is 1.85 bits per heavy atom. The Kier molecular flexibility index (Phi) is 5.60. The first-order valence-corrected chi connectivity index (χ1v) is 11.1. The number of methoxy groups -OCH3 is 1. The Labute approximate surface area is 197 Å². The van der Waals surface area contributed by atoms with E-state index in [1.54, 1.807) is 18.3 Å². The van der Waals surface area contributed by atoms with Crippen LogP contribution in [0.1, 0.15) is 0 Å². The molecule has 0 unspecified atom stereocenters. The number of hydrogen-bond acceptors (Lipinski definition) is 5. The molecule has 1 amide bonds. The Balaban J connectivity index is 1.59. The highest BCUT2D eigenvalue weighted by Gasteiger charge is 2.23. The molecule has 166 valence electrons. The van der Waals surface area contributed by atoms with Crippen LogP contribution in [0.2, 0.25) is 5.02 Å². The van der Waals surface area contributed by atoms with Gasteiger partial charge in [-0.2, -0.15) is 0 Å². The maximum absolute atomic E-state index is 11.9. The molecular weight excluding hydrogens is 436 g/mol. The van der Waals surface area contributed by atoms with E-state index in [-0.39, 0.29) is 5.91 Å². The normalized spacial score (nSPS) is 14.0. The van der Waals surface area contributed by atoms with Gasteiger partial charge in [0.05, 0.1) is 12.6 Å². The van der Waals surface area contributed by atoms with Crippen LogP contribution in [0.4, 0.5) is 5.82 Å². The van der Waals surface area contributed by atoms with Crippen molar-refractivity contribution in [3.8, 4) is 16.9 Å². The van der Waals surface area contributed by atoms with Crippen LogP contribution in [0.3, 0.4) is 0 Å². The second-order valence-corrected chi connectivity index (χ2v) is 8.33. The van der Waals surface area contributed by atoms with Gasteiger partial charge in [-0.3, -0.25) is 4.79 Å². The summed E-state index contributed by atoms with van der Waals surface area (Å²) in [6, 6.07) is 16.1. The van der Waals surface area contributed by atoms with Crippen LogP contribution in [-0.2, 0) is 4.79 Å². The molecule has 0 spiro atoms. The molecule has 1 aliphatic heterocycles. The highest BCUT2D eigenvalue weighted by molar-refractivity contribution is 6.35. The first-order chi connectivity index (χ1) is 16.1. The lowest BCUT2D eigenvalue weighted by atomic mass is 9.96. The summed E-state index contributed by atoms with van der Waals surface area (Å²) in [4.78, 5) is 25.0. The molecular formula is C26H23ClN4O2. The monoisotopic (exact) mass is 458 g/mol. The predicted octanol–water partition coefficient (Wildman–Crippen LogP) is 4.95. The average molecular weight is 459 g/mol. The zero-order valence-electron chi connectivity index (χ0n) is 18.3. The zero-order chi connectivity index (χ0) is 22.9. The third kappa shape index (κ3) is 3.76. The summed E-state index contributed by atoms with van der Waals surface area (Å²) in [5, 5.41) is 3.66. The van der Waals surface area contributed by atoms with Gasteiger partial charge in [0.25, 0.3) is 0 Å². The molecule has 33 heavy (non-hydrogen) atoms. The van der Waals surface area contributed by atoms with Gasteiger partial charge in [-0.1, -0.05) is 48.5 Å². The largest absolute Gasteiger partial charge is 0.496 e. The molecule has 4 aromatic rings. The van der Waals surface area contributed by atoms with E-state index in [2.05, 4.69) is 33.6 Å². The second-order valence-electron chi connectivity index (χ2n) is 7.93. The fraction of sp³-hybridized carbons (Fsp3) is 0.192. The second kappa shape index (κ2) is 8.71. The van der Waals surface area contributed by atoms with Crippen molar-refractivity contribution in [2.24, 2.45) is 0 Å². The summed E-state index contributed by atoms with van der Waals surface area (Å²) in [6.45, 7) is 6.19. The van der Waals surface area contributed by atoms with E-state index in [0.29, 0.717) is 31.2 Å². The first-order valence-electron chi connectivity index (χ1n) is 10.8. The molecule has 0 saturated carbocycles. The van der Waals surface area contributed by atoms with E-state index in [1.807, 2.05) is 36.4 Å². The van der Waals surface area contributed by atoms with Crippen molar-refractivity contribution < 1.29 is 9.53 Å². The van der Waals surface area contributed by atoms with Gasteiger partial charge < -0.3 is 14.5 Å². The number of carbonyl (C=O) groups is 1. The SMILES string of the molecule is C=CC(=O)N1CCN(c2ncnc3cc(-c4c(OC)ccc5ccccc45)c(Cl)cc23)CC1. The summed E-state index contributed by atoms with van der Waals surface area (Å²) in [5.41, 5.74) is 2.61. The van der Waals surface area contributed by atoms with Crippen LogP contribution in [0.5, 0.6) is 5.75 Å². The van der Waals surface area contributed by atoms with E-state index in [0.717, 1.165) is 44.4 Å². The smallest absolute Gasteiger partial charge is 0.246 e. The Morgan fingerprint density at radius 3 is 2.61 bits per heavy atom. The topological polar surface area (TPSA) is 58.6 Å². The summed E-state index contributed by atoms with van der Waals surface area (Å²) in [7, 11) is 1.67. The van der Waals surface area contributed by atoms with Crippen molar-refractivity contribution in [3.63, 3.8) is 0 Å². The van der Waals surface area contributed by atoms with Crippen molar-refractivity contribution in [2.75, 3.05) is 38.2 Å². The van der Waals surface area contributed by atoms with Gasteiger partial charge in [0.15, 0.2) is 0 Å². The predicted molar refractivity (Wildman–Crippen MR) is 133 cm³/mol. The number of piperazine rings is 1. The van der Waals surface area contributed by atoms with Crippen LogP contribution in [0.15, 0.2) is 67.5 Å². The average Bonchev–Trinajstić information content (AvgIpc) is 2.87. The minimum atomic E-state index is -0.0427. The van der Waals surface area contributed by atoms with Gasteiger partial charge in [-0.15, -0.1) is 0 Å². The number of nitrogens with zero attached hydrogens (tertiary/aromatic N) is 4. The maximum Gasteiger partial charge on any atom is 0.246 e. The molecule has 6 nitrogen and oxygen atoms in total. The van der Waals surface area contributed by atoms with Gasteiger partial charge in [0, 0.05) is 47.7 Å². The number of ether oxygens (including phenoxy) is 1. The molecule has 1 aliphatic rings. The zero-order valence-corrected chi connectivity index (χ0v) is 19.0. The van der Waals surface area contributed by atoms with Crippen LogP contribution >= 0.6 is 11.6 Å². The number of amides is 1. The summed E-state index contributed by atoms with van der Waals surface area (Å²) >= 11 is 6.87. The fourth-order valence-electron chi connectivity index (χ4n) is 4.47. The summed E-state index contributed by atoms with van der Waals surface area (Å²) in [5.74, 6) is 1.54. The lowest BCUT2D eigenvalue weighted by Gasteiger charge is -2.35. The Bertz CT molecular complexity index is 1380. The standard InChI is InChI=1S/C26H23ClN4O2/c1-3-24(32)30-10-12-31(13-11-30)26-20-14-21(27)19(15-22(20)28-16-29-26)25-18-7-5-4-6-17(18)8-9-23(25)33-2/h3-9,14-16H,1,10-13H2,2H3. The number of benzene rings is 3. The molecule has 2 heterocycles. The molecule has 0 bridgehead atoms. The van der Waals surface area contributed by atoms with Crippen molar-refractivity contribution >= 4 is 45.0 Å². The number of hydrogen-bond donors (Lipinski definition) is 0. The molecule has 1 saturated heterocycles. The van der Waals surface area contributed by atoms with Crippen molar-refractivity contribution in [3.05, 3.63) is 72.5 Å². The quantitative estimate of drug-likeness (QED) is 0.405. The van der Waals surface area contributed by atoms with E-state index < -0.39 is 0 Å². The number of fused-ring (bicyclic) bond motifs is 2. The lowest BCUT2D eigenvalue weighted by molar-refractivity contribution is -0.126. The van der Waals surface area contributed by atoms with Gasteiger partial charge in [-0.05, 0) is 35.0 Å². The minimum absolute atomic E-state index is 0.0427. The third-order valence-corrected chi connectivity index (χ3v) is 6.46. The molecule has 0 N–H and O–H groups in total. The van der Waals surface area contributed by atoms with Crippen molar-refractivity contribution in [1.29, 1.82) is 0 Å². The van der Waals surface area contributed by atoms with Crippen molar-refractivity contribution in [1.82, 2.24) is 14.9 Å². The first kappa shape index (κ1) is 21.2. The molecule has 5 rings (SSSR count). The molecule has 0 atom stereocenters. The molecule has 1 aromatic heterocycles. The van der Waals surface area contributed by atoms with E-state index in [4.69, 9.17) is 16.3 Å². The van der Waals surface area contributed by atoms with Crippen molar-refractivity contribution in [2.45, 2.75) is 0 Å². The molecule has 0 radical (unpaired) electrons. The molecule has 1 fully saturated rings. The van der Waals surface area contributed by atoms with Crippen LogP contribution < -0.4 is 9.64 Å². The Morgan fingerprint density at radius 1 is 1.06 bits per heavy atom. The van der Waals surface area contributed by atoms with Crippen LogP contribution in [-0.4, -0.2) is 54.1 Å². The number of halogens is 1. The van der Waals surface area contributed by atoms with Gasteiger partial charge in [0.2, 0.25) is 5.91 Å². The molecule has 3 aromatic carbocycles. The molecule has 7 heteroatoms. The van der Waals surface area contributed by atoms with E-state index in [1.165, 1.54) is 6.08 Å². The van der Waals surface area contributed by atoms with Gasteiger partial charge in [0.1, 0.15) is 17.9 Å². The maximum atomic E-state index is 11.9. The Hall–Kier alpha value is -3.64. The highest BCUT2D eigenvalue weighted by Crippen LogP contribution is 2.42. The van der Waals surface area contributed by atoms with E-state index >= 15 is 0 Å². The number of anilines is 1.